The van der Waals surface area contributed by atoms with Gasteiger partial charge in [0.1, 0.15) is 57.6 Å². The summed E-state index contributed by atoms with van der Waals surface area (Å²) in [7, 11) is 0. The van der Waals surface area contributed by atoms with E-state index >= 15 is 0 Å². The van der Waals surface area contributed by atoms with Crippen LogP contribution in [0.4, 0.5) is 24.0 Å². The van der Waals surface area contributed by atoms with Crippen molar-refractivity contribution in [2.45, 2.75) is 220 Å². The van der Waals surface area contributed by atoms with Crippen LogP contribution in [0, 0.1) is 0 Å². The lowest BCUT2D eigenvalue weighted by Gasteiger charge is -2.27. The fourth-order valence-corrected chi connectivity index (χ4v) is 8.26. The van der Waals surface area contributed by atoms with E-state index in [2.05, 4.69) is 47.9 Å². The number of rotatable bonds is 20. The summed E-state index contributed by atoms with van der Waals surface area (Å²) < 4.78 is 27.1. The molecule has 0 aliphatic carbocycles. The summed E-state index contributed by atoms with van der Waals surface area (Å²) in [5, 5.41) is 46.8. The first kappa shape index (κ1) is 70.5. The quantitative estimate of drug-likeness (QED) is 0.0496. The average Bonchev–Trinajstić information content (AvgIpc) is 3.58. The molecule has 0 saturated carbocycles. The smallest absolute Gasteiger partial charge is 0.408 e. The first-order valence-corrected chi connectivity index (χ1v) is 28.4. The lowest BCUT2D eigenvalue weighted by Crippen LogP contribution is -2.57. The van der Waals surface area contributed by atoms with Crippen molar-refractivity contribution in [2.24, 2.45) is 0 Å². The summed E-state index contributed by atoms with van der Waals surface area (Å²) in [5.74, 6) is -3.28. The molecule has 3 rings (SSSR count). The summed E-state index contributed by atoms with van der Waals surface area (Å²) >= 11 is 0. The molecule has 9 amide bonds. The predicted molar refractivity (Wildman–Crippen MR) is 313 cm³/mol. The fourth-order valence-electron chi connectivity index (χ4n) is 8.26. The highest BCUT2D eigenvalue weighted by Crippen LogP contribution is 2.31. The van der Waals surface area contributed by atoms with Gasteiger partial charge in [-0.3, -0.25) is 19.2 Å². The molecule has 1 unspecified atom stereocenters. The molecule has 1 aliphatic rings. The highest BCUT2D eigenvalue weighted by Gasteiger charge is 2.33. The molecule has 2 aromatic carbocycles. The van der Waals surface area contributed by atoms with E-state index in [0.717, 1.165) is 0 Å². The normalized spacial score (nSPS) is 16.7. The molecule has 25 nitrogen and oxygen atoms in total. The Balaban J connectivity index is 1.92. The summed E-state index contributed by atoms with van der Waals surface area (Å²) in [6.07, 6.45) is -3.55. The second-order valence-electron chi connectivity index (χ2n) is 25.7. The molecule has 470 valence electrons. The number of hydrogen-bond donors (Lipinski definition) is 11. The van der Waals surface area contributed by atoms with Gasteiger partial charge in [0, 0.05) is 57.5 Å². The monoisotopic (exact) mass is 1180 g/mol. The van der Waals surface area contributed by atoms with Crippen LogP contribution in [0.15, 0.2) is 36.4 Å². The molecular weight excluding hydrogens is 1090 g/mol. The van der Waals surface area contributed by atoms with E-state index in [0.29, 0.717) is 24.0 Å². The number of aromatic hydroxyl groups is 2. The van der Waals surface area contributed by atoms with Crippen LogP contribution in [-0.2, 0) is 55.7 Å². The summed E-state index contributed by atoms with van der Waals surface area (Å²) in [6.45, 7) is 25.5. The molecule has 0 aromatic heterocycles. The number of carbonyl (C=O) groups excluding carboxylic acids is 9. The second kappa shape index (κ2) is 31.2. The molecular formula is C59H93N9O16. The minimum absolute atomic E-state index is 0.00724. The van der Waals surface area contributed by atoms with Crippen molar-refractivity contribution in [3.63, 3.8) is 0 Å². The van der Waals surface area contributed by atoms with E-state index in [9.17, 15) is 53.4 Å². The van der Waals surface area contributed by atoms with Crippen molar-refractivity contribution in [1.29, 1.82) is 0 Å². The Kier molecular flexibility index (Phi) is 26.2. The second-order valence-corrected chi connectivity index (χ2v) is 25.7. The average molecular weight is 1180 g/mol. The third-order valence-electron chi connectivity index (χ3n) is 11.8. The van der Waals surface area contributed by atoms with Crippen LogP contribution in [0.3, 0.4) is 0 Å². The third-order valence-corrected chi connectivity index (χ3v) is 11.8. The van der Waals surface area contributed by atoms with Crippen LogP contribution in [0.1, 0.15) is 160 Å². The Bertz CT molecular complexity index is 2590. The van der Waals surface area contributed by atoms with Crippen LogP contribution in [0.25, 0.3) is 11.1 Å². The first-order valence-electron chi connectivity index (χ1n) is 28.4. The molecule has 0 spiro atoms. The van der Waals surface area contributed by atoms with Gasteiger partial charge in [0.05, 0.1) is 0 Å². The first-order chi connectivity index (χ1) is 38.7. The highest BCUT2D eigenvalue weighted by molar-refractivity contribution is 5.94. The molecule has 0 fully saturated rings. The summed E-state index contributed by atoms with van der Waals surface area (Å²) in [6, 6.07) is 3.61. The molecule has 1 aliphatic heterocycles. The molecule has 84 heavy (non-hydrogen) atoms. The molecule has 2 aromatic rings. The lowest BCUT2D eigenvalue weighted by atomic mass is 9.95. The van der Waals surface area contributed by atoms with Gasteiger partial charge in [-0.1, -0.05) is 12.1 Å². The van der Waals surface area contributed by atoms with Crippen LogP contribution >= 0.6 is 0 Å². The van der Waals surface area contributed by atoms with E-state index in [1.54, 1.807) is 128 Å². The number of hydrogen-bond acceptors (Lipinski definition) is 16. The number of alkyl carbamates (subject to hydrolysis) is 5. The number of carbonyl (C=O) groups is 9. The number of amides is 9. The topological polar surface area (TPSA) is 349 Å². The number of phenols is 2. The van der Waals surface area contributed by atoms with Crippen LogP contribution < -0.4 is 47.9 Å². The molecule has 25 heteroatoms. The Hall–Kier alpha value is -7.73. The zero-order valence-corrected chi connectivity index (χ0v) is 51.7. The highest BCUT2D eigenvalue weighted by atomic mass is 16.6. The fraction of sp³-hybridized carbons (Fsp3) is 0.644. The van der Waals surface area contributed by atoms with Crippen LogP contribution in [-0.4, -0.2) is 149 Å². The van der Waals surface area contributed by atoms with Crippen LogP contribution in [0.5, 0.6) is 11.5 Å². The Labute approximate surface area is 493 Å². The largest absolute Gasteiger partial charge is 0.508 e. The molecule has 1 heterocycles. The van der Waals surface area contributed by atoms with Gasteiger partial charge in [0.15, 0.2) is 0 Å². The zero-order chi connectivity index (χ0) is 63.4. The molecule has 11 N–H and O–H groups in total. The number of phenolic OH excluding ortho intramolecular Hbond substituents is 2. The van der Waals surface area contributed by atoms with E-state index in [-0.39, 0.29) is 93.8 Å². The number of ether oxygens (including phenoxy) is 5. The third kappa shape index (κ3) is 29.0. The van der Waals surface area contributed by atoms with Gasteiger partial charge in [-0.15, -0.1) is 0 Å². The zero-order valence-electron chi connectivity index (χ0n) is 51.7. The summed E-state index contributed by atoms with van der Waals surface area (Å²) in [4.78, 5) is 121. The van der Waals surface area contributed by atoms with Gasteiger partial charge < -0.3 is 81.7 Å². The van der Waals surface area contributed by atoms with Crippen LogP contribution in [0.2, 0.25) is 0 Å². The summed E-state index contributed by atoms with van der Waals surface area (Å²) in [5.41, 5.74) is -2.59. The van der Waals surface area contributed by atoms with Gasteiger partial charge in [0.2, 0.25) is 23.6 Å². The number of fused-ring (bicyclic) bond motifs is 5. The molecule has 0 radical (unpaired) electrons. The van der Waals surface area contributed by atoms with E-state index in [1.165, 1.54) is 12.1 Å². The SMILES string of the molecule is CC(C)(C)OC(=O)NCCC[C@@H](CNC(=O)C[C@H](CCCNC(=O)C1Cc2cc(ccc2O)-c2ccc(O)c(c2)C[C@H](NC(=O)OC(C)(C)C)C(=O)N[C@@H](CCCNC(=O)OC(C)(C)C)C(=O)N1)NC(=O)OC(C)(C)C)NC(=O)OC(C)(C)C. The van der Waals surface area contributed by atoms with Crippen molar-refractivity contribution in [2.75, 3.05) is 26.2 Å². The van der Waals surface area contributed by atoms with Crippen molar-refractivity contribution in [3.8, 4) is 22.6 Å². The minimum Gasteiger partial charge on any atom is -0.508 e. The molecule has 4 bridgehead atoms. The maximum absolute atomic E-state index is 14.5. The van der Waals surface area contributed by atoms with Crippen molar-refractivity contribution in [3.05, 3.63) is 47.5 Å². The maximum Gasteiger partial charge on any atom is 0.408 e. The van der Waals surface area contributed by atoms with Gasteiger partial charge in [-0.25, -0.2) is 24.0 Å². The number of benzene rings is 2. The maximum atomic E-state index is 14.5. The van der Waals surface area contributed by atoms with E-state index < -0.39 is 112 Å². The molecule has 5 atom stereocenters. The van der Waals surface area contributed by atoms with Crippen molar-refractivity contribution < 1.29 is 77.0 Å². The Morgan fingerprint density at radius 1 is 0.524 bits per heavy atom. The Morgan fingerprint density at radius 3 is 1.45 bits per heavy atom. The van der Waals surface area contributed by atoms with Crippen molar-refractivity contribution in [1.82, 2.24) is 47.9 Å². The number of nitrogens with one attached hydrogen (secondary N) is 9. The van der Waals surface area contributed by atoms with Crippen molar-refractivity contribution >= 4 is 54.1 Å². The standard InChI is InChI=1S/C59H93N9O16/c1-55(2,3)80-50(75)61-27-17-20-40(65-53(78)83-58(10,11)12)34-63-46(71)33-39(64-52(77)82-57(7,8)9)19-16-26-60-47(72)42-31-37-29-35(22-24-44(37)69)36-23-25-45(70)38(30-36)32-43(68-54(79)84-59(13,14)15)49(74)66-41(48(73)67-42)21-18-28-62-51(76)81-56(4,5)6/h22-25,29-30,39-43,69-70H,16-21,26-28,31-34H2,1-15H3,(H,60,72)(H,61,75)(H,62,76)(H,63,71)(H,64,77)(H,65,78)(H,66,74)(H,67,73)(H,68,79)/t39-,40-,41-,42?,43-/m0/s1. The van der Waals surface area contributed by atoms with Gasteiger partial charge in [-0.05, 0) is 189 Å². The predicted octanol–water partition coefficient (Wildman–Crippen LogP) is 6.53. The van der Waals surface area contributed by atoms with Gasteiger partial charge >= 0.3 is 30.5 Å². The Morgan fingerprint density at radius 2 is 0.952 bits per heavy atom. The lowest BCUT2D eigenvalue weighted by molar-refractivity contribution is -0.132. The van der Waals surface area contributed by atoms with Gasteiger partial charge in [0.25, 0.3) is 0 Å². The van der Waals surface area contributed by atoms with E-state index in [4.69, 9.17) is 23.7 Å². The molecule has 0 saturated heterocycles. The van der Waals surface area contributed by atoms with E-state index in [1.807, 2.05) is 0 Å². The van der Waals surface area contributed by atoms with Gasteiger partial charge in [-0.2, -0.15) is 0 Å². The minimum atomic E-state index is -1.42.